The molecule has 1 heterocycles. The maximum atomic E-state index is 4.65. The molecular formula is C13H23N3. The molecule has 0 bridgehead atoms. The zero-order valence-electron chi connectivity index (χ0n) is 10.7. The third kappa shape index (κ3) is 2.28. The lowest BCUT2D eigenvalue weighted by atomic mass is 9.68. The molecule has 1 aromatic rings. The van der Waals surface area contributed by atoms with Gasteiger partial charge in [0.1, 0.15) is 5.82 Å². The van der Waals surface area contributed by atoms with Crippen molar-refractivity contribution in [3.63, 3.8) is 0 Å². The van der Waals surface area contributed by atoms with Crippen LogP contribution in [0.5, 0.6) is 0 Å². The molecule has 1 saturated carbocycles. The van der Waals surface area contributed by atoms with E-state index in [0.29, 0.717) is 11.3 Å². The topological polar surface area (TPSA) is 41.6 Å². The molecule has 2 rings (SSSR count). The van der Waals surface area contributed by atoms with Gasteiger partial charge < -0.3 is 0 Å². The number of aromatic amines is 1. The lowest BCUT2D eigenvalue weighted by Crippen LogP contribution is -2.26. The third-order valence-corrected chi connectivity index (χ3v) is 3.85. The fourth-order valence-electron chi connectivity index (χ4n) is 2.79. The predicted molar refractivity (Wildman–Crippen MR) is 65.4 cm³/mol. The Morgan fingerprint density at radius 1 is 1.38 bits per heavy atom. The summed E-state index contributed by atoms with van der Waals surface area (Å²) in [6.07, 6.45) is 7.37. The van der Waals surface area contributed by atoms with Gasteiger partial charge in [0.2, 0.25) is 0 Å². The Morgan fingerprint density at radius 2 is 2.19 bits per heavy atom. The highest BCUT2D eigenvalue weighted by Gasteiger charge is 2.35. The molecule has 0 aliphatic heterocycles. The molecule has 1 fully saturated rings. The normalized spacial score (nSPS) is 24.6. The van der Waals surface area contributed by atoms with Crippen molar-refractivity contribution >= 4 is 0 Å². The summed E-state index contributed by atoms with van der Waals surface area (Å²) in [4.78, 5) is 4.65. The number of aryl methyl sites for hydroxylation is 1. The molecule has 1 aromatic heterocycles. The van der Waals surface area contributed by atoms with Gasteiger partial charge in [0.05, 0.1) is 0 Å². The lowest BCUT2D eigenvalue weighted by molar-refractivity contribution is 0.192. The van der Waals surface area contributed by atoms with E-state index in [4.69, 9.17) is 0 Å². The van der Waals surface area contributed by atoms with Gasteiger partial charge in [-0.1, -0.05) is 33.6 Å². The van der Waals surface area contributed by atoms with Crippen molar-refractivity contribution in [2.45, 2.75) is 65.2 Å². The number of nitrogens with one attached hydrogen (secondary N) is 1. The van der Waals surface area contributed by atoms with Crippen LogP contribution in [0.1, 0.15) is 70.4 Å². The average molecular weight is 221 g/mol. The first kappa shape index (κ1) is 11.6. The standard InChI is InChI=1S/C13H23N3/c1-4-7-11-14-12(16-15-11)10-8-5-6-9-13(10,2)3/h10H,4-9H2,1-3H3,(H,14,15,16). The van der Waals surface area contributed by atoms with Crippen LogP contribution in [-0.4, -0.2) is 15.2 Å². The minimum Gasteiger partial charge on any atom is -0.263 e. The zero-order chi connectivity index (χ0) is 11.6. The molecule has 0 spiro atoms. The third-order valence-electron chi connectivity index (χ3n) is 3.85. The van der Waals surface area contributed by atoms with Gasteiger partial charge in [0, 0.05) is 12.3 Å². The van der Waals surface area contributed by atoms with Crippen LogP contribution in [0.25, 0.3) is 0 Å². The fraction of sp³-hybridized carbons (Fsp3) is 0.846. The van der Waals surface area contributed by atoms with Crippen LogP contribution < -0.4 is 0 Å². The van der Waals surface area contributed by atoms with Crippen molar-refractivity contribution in [2.75, 3.05) is 0 Å². The first-order valence-corrected chi connectivity index (χ1v) is 6.54. The van der Waals surface area contributed by atoms with E-state index >= 15 is 0 Å². The summed E-state index contributed by atoms with van der Waals surface area (Å²) in [6.45, 7) is 6.88. The molecule has 1 unspecified atom stereocenters. The molecule has 0 aromatic carbocycles. The molecule has 1 atom stereocenters. The number of H-pyrrole nitrogens is 1. The quantitative estimate of drug-likeness (QED) is 0.849. The highest BCUT2D eigenvalue weighted by atomic mass is 15.2. The summed E-state index contributed by atoms with van der Waals surface area (Å²) >= 11 is 0. The van der Waals surface area contributed by atoms with Crippen molar-refractivity contribution in [3.05, 3.63) is 11.6 Å². The minimum atomic E-state index is 0.365. The smallest absolute Gasteiger partial charge is 0.154 e. The van der Waals surface area contributed by atoms with Gasteiger partial charge in [-0.2, -0.15) is 5.10 Å². The van der Waals surface area contributed by atoms with Gasteiger partial charge in [-0.25, -0.2) is 4.98 Å². The molecule has 0 amide bonds. The second kappa shape index (κ2) is 4.56. The predicted octanol–water partition coefficient (Wildman–Crippen LogP) is 3.44. The van der Waals surface area contributed by atoms with E-state index in [9.17, 15) is 0 Å². The second-order valence-electron chi connectivity index (χ2n) is 5.68. The van der Waals surface area contributed by atoms with Gasteiger partial charge in [-0.05, 0) is 24.7 Å². The summed E-state index contributed by atoms with van der Waals surface area (Å²) in [7, 11) is 0. The van der Waals surface area contributed by atoms with Crippen molar-refractivity contribution in [2.24, 2.45) is 5.41 Å². The zero-order valence-corrected chi connectivity index (χ0v) is 10.7. The van der Waals surface area contributed by atoms with Crippen molar-refractivity contribution in [3.8, 4) is 0 Å². The SMILES string of the molecule is CCCc1nc(C2CCCCC2(C)C)n[nH]1. The Labute approximate surface area is 98.1 Å². The number of nitrogens with zero attached hydrogens (tertiary/aromatic N) is 2. The molecule has 0 radical (unpaired) electrons. The van der Waals surface area contributed by atoms with Crippen molar-refractivity contribution in [1.82, 2.24) is 15.2 Å². The Bertz CT molecular complexity index is 341. The van der Waals surface area contributed by atoms with Crippen LogP contribution >= 0.6 is 0 Å². The molecule has 90 valence electrons. The van der Waals surface area contributed by atoms with Crippen LogP contribution in [0.3, 0.4) is 0 Å². The van der Waals surface area contributed by atoms with Crippen LogP contribution in [-0.2, 0) is 6.42 Å². The van der Waals surface area contributed by atoms with Crippen LogP contribution in [0, 0.1) is 5.41 Å². The van der Waals surface area contributed by atoms with E-state index in [-0.39, 0.29) is 0 Å². The summed E-state index contributed by atoms with van der Waals surface area (Å²) in [5.74, 6) is 2.65. The maximum absolute atomic E-state index is 4.65. The molecule has 1 aliphatic rings. The number of aromatic nitrogens is 3. The van der Waals surface area contributed by atoms with E-state index in [2.05, 4.69) is 36.0 Å². The first-order valence-electron chi connectivity index (χ1n) is 6.54. The monoisotopic (exact) mass is 221 g/mol. The fourth-order valence-corrected chi connectivity index (χ4v) is 2.79. The molecular weight excluding hydrogens is 198 g/mol. The Hall–Kier alpha value is -0.860. The summed E-state index contributed by atoms with van der Waals surface area (Å²) < 4.78 is 0. The largest absolute Gasteiger partial charge is 0.263 e. The molecule has 3 nitrogen and oxygen atoms in total. The van der Waals surface area contributed by atoms with E-state index in [1.54, 1.807) is 0 Å². The van der Waals surface area contributed by atoms with E-state index < -0.39 is 0 Å². The highest BCUT2D eigenvalue weighted by molar-refractivity contribution is 5.05. The minimum absolute atomic E-state index is 0.365. The number of hydrogen-bond donors (Lipinski definition) is 1. The number of rotatable bonds is 3. The summed E-state index contributed by atoms with van der Waals surface area (Å²) in [5, 5.41) is 7.50. The Morgan fingerprint density at radius 3 is 2.88 bits per heavy atom. The summed E-state index contributed by atoms with van der Waals surface area (Å²) in [5.41, 5.74) is 0.365. The molecule has 3 heteroatoms. The van der Waals surface area contributed by atoms with Crippen molar-refractivity contribution in [1.29, 1.82) is 0 Å². The average Bonchev–Trinajstić information content (AvgIpc) is 2.66. The molecule has 16 heavy (non-hydrogen) atoms. The molecule has 0 saturated heterocycles. The van der Waals surface area contributed by atoms with Gasteiger partial charge in [-0.15, -0.1) is 0 Å². The van der Waals surface area contributed by atoms with Crippen molar-refractivity contribution < 1.29 is 0 Å². The summed E-state index contributed by atoms with van der Waals surface area (Å²) in [6, 6.07) is 0. The van der Waals surface area contributed by atoms with Crippen LogP contribution in [0.4, 0.5) is 0 Å². The van der Waals surface area contributed by atoms with E-state index in [1.165, 1.54) is 25.7 Å². The van der Waals surface area contributed by atoms with Gasteiger partial charge in [0.15, 0.2) is 5.82 Å². The van der Waals surface area contributed by atoms with Gasteiger partial charge in [-0.3, -0.25) is 5.10 Å². The maximum Gasteiger partial charge on any atom is 0.154 e. The van der Waals surface area contributed by atoms with Crippen LogP contribution in [0.15, 0.2) is 0 Å². The van der Waals surface area contributed by atoms with Crippen LogP contribution in [0.2, 0.25) is 0 Å². The molecule has 1 aliphatic carbocycles. The lowest BCUT2D eigenvalue weighted by Gasteiger charge is -2.36. The Kier molecular flexibility index (Phi) is 3.31. The highest BCUT2D eigenvalue weighted by Crippen LogP contribution is 2.45. The second-order valence-corrected chi connectivity index (χ2v) is 5.68. The number of hydrogen-bond acceptors (Lipinski definition) is 2. The molecule has 1 N–H and O–H groups in total. The Balaban J connectivity index is 2.15. The first-order chi connectivity index (χ1) is 7.63. The van der Waals surface area contributed by atoms with Gasteiger partial charge >= 0.3 is 0 Å². The van der Waals surface area contributed by atoms with E-state index in [1.807, 2.05) is 0 Å². The van der Waals surface area contributed by atoms with Gasteiger partial charge in [0.25, 0.3) is 0 Å². The van der Waals surface area contributed by atoms with E-state index in [0.717, 1.165) is 24.5 Å².